The second-order valence-electron chi connectivity index (χ2n) is 8.28. The lowest BCUT2D eigenvalue weighted by Crippen LogP contribution is -2.48. The normalized spacial score (nSPS) is 14.4. The molecule has 3 aromatic rings. The largest absolute Gasteiger partial charge is 0.497 e. The van der Waals surface area contributed by atoms with E-state index in [0.717, 1.165) is 32.7 Å². The molecule has 3 aromatic carbocycles. The zero-order valence-electron chi connectivity index (χ0n) is 19.7. The summed E-state index contributed by atoms with van der Waals surface area (Å²) in [5.41, 5.74) is 2.09. The molecule has 1 fully saturated rings. The summed E-state index contributed by atoms with van der Waals surface area (Å²) in [4.78, 5) is 17.3. The van der Waals surface area contributed by atoms with Crippen molar-refractivity contribution in [3.8, 4) is 5.75 Å². The molecule has 4 rings (SSSR count). The van der Waals surface area contributed by atoms with Gasteiger partial charge in [-0.2, -0.15) is 0 Å². The highest BCUT2D eigenvalue weighted by Gasteiger charge is 2.18. The third-order valence-electron chi connectivity index (χ3n) is 5.98. The number of para-hydroxylation sites is 1. The number of piperazine rings is 1. The summed E-state index contributed by atoms with van der Waals surface area (Å²) >= 11 is 0. The molecule has 0 aromatic heterocycles. The van der Waals surface area contributed by atoms with E-state index in [4.69, 9.17) is 4.74 Å². The van der Waals surface area contributed by atoms with Crippen molar-refractivity contribution in [2.75, 3.05) is 56.0 Å². The molecule has 35 heavy (non-hydrogen) atoms. The summed E-state index contributed by atoms with van der Waals surface area (Å²) in [5.74, 6) is 0.415. The van der Waals surface area contributed by atoms with E-state index in [1.807, 2.05) is 6.07 Å². The average molecular weight is 495 g/mol. The van der Waals surface area contributed by atoms with Crippen LogP contribution in [0, 0.1) is 0 Å². The maximum atomic E-state index is 12.6. The molecule has 1 heterocycles. The van der Waals surface area contributed by atoms with Gasteiger partial charge in [-0.3, -0.25) is 14.4 Å². The maximum Gasteiger partial charge on any atom is 0.261 e. The lowest BCUT2D eigenvalue weighted by Gasteiger charge is -2.36. The van der Waals surface area contributed by atoms with Gasteiger partial charge in [0.2, 0.25) is 0 Å². The molecule has 0 aliphatic carbocycles. The second kappa shape index (κ2) is 11.2. The van der Waals surface area contributed by atoms with Gasteiger partial charge in [0.15, 0.2) is 0 Å². The van der Waals surface area contributed by atoms with Crippen LogP contribution in [0.2, 0.25) is 0 Å². The van der Waals surface area contributed by atoms with Crippen LogP contribution >= 0.6 is 0 Å². The molecule has 0 atom stereocenters. The van der Waals surface area contributed by atoms with Gasteiger partial charge >= 0.3 is 0 Å². The van der Waals surface area contributed by atoms with Gasteiger partial charge < -0.3 is 15.0 Å². The highest BCUT2D eigenvalue weighted by Crippen LogP contribution is 2.20. The van der Waals surface area contributed by atoms with Crippen LogP contribution in [-0.4, -0.2) is 65.6 Å². The number of sulfonamides is 1. The van der Waals surface area contributed by atoms with E-state index in [2.05, 4.69) is 44.1 Å². The van der Waals surface area contributed by atoms with Gasteiger partial charge in [-0.05, 0) is 60.7 Å². The number of nitrogens with one attached hydrogen (secondary N) is 2. The molecule has 1 aliphatic heterocycles. The van der Waals surface area contributed by atoms with Crippen molar-refractivity contribution >= 4 is 27.3 Å². The van der Waals surface area contributed by atoms with E-state index < -0.39 is 10.0 Å². The van der Waals surface area contributed by atoms with Gasteiger partial charge in [0.25, 0.3) is 15.9 Å². The van der Waals surface area contributed by atoms with E-state index >= 15 is 0 Å². The van der Waals surface area contributed by atoms with Crippen LogP contribution in [0.5, 0.6) is 5.75 Å². The van der Waals surface area contributed by atoms with Crippen LogP contribution in [0.4, 0.5) is 11.4 Å². The molecule has 1 aliphatic rings. The fraction of sp³-hybridized carbons (Fsp3) is 0.269. The van der Waals surface area contributed by atoms with Gasteiger partial charge in [0.05, 0.1) is 12.0 Å². The summed E-state index contributed by atoms with van der Waals surface area (Å²) in [5, 5.41) is 2.93. The minimum absolute atomic E-state index is 0.0844. The average Bonchev–Trinajstić information content (AvgIpc) is 2.90. The van der Waals surface area contributed by atoms with Gasteiger partial charge in [-0.1, -0.05) is 18.2 Å². The predicted molar refractivity (Wildman–Crippen MR) is 138 cm³/mol. The van der Waals surface area contributed by atoms with Crippen molar-refractivity contribution in [3.05, 3.63) is 84.4 Å². The Kier molecular flexibility index (Phi) is 7.89. The number of methoxy groups -OCH3 is 1. The highest BCUT2D eigenvalue weighted by atomic mass is 32.2. The van der Waals surface area contributed by atoms with E-state index in [1.54, 1.807) is 31.4 Å². The molecule has 1 amide bonds. The molecular formula is C26H30N4O4S. The number of nitrogens with zero attached hydrogens (tertiary/aromatic N) is 2. The number of hydrogen-bond donors (Lipinski definition) is 2. The highest BCUT2D eigenvalue weighted by molar-refractivity contribution is 7.92. The monoisotopic (exact) mass is 494 g/mol. The predicted octanol–water partition coefficient (Wildman–Crippen LogP) is 3.05. The quantitative estimate of drug-likeness (QED) is 0.475. The second-order valence-corrected chi connectivity index (χ2v) is 9.96. The molecule has 0 unspecified atom stereocenters. The number of carbonyl (C=O) groups excluding carboxylic acids is 1. The van der Waals surface area contributed by atoms with Crippen LogP contribution in [0.3, 0.4) is 0 Å². The Labute approximate surface area is 206 Å². The molecule has 0 radical (unpaired) electrons. The lowest BCUT2D eigenvalue weighted by molar-refractivity contribution is 0.0947. The molecule has 0 saturated carbocycles. The van der Waals surface area contributed by atoms with Crippen molar-refractivity contribution < 1.29 is 17.9 Å². The van der Waals surface area contributed by atoms with E-state index in [1.165, 1.54) is 30.0 Å². The van der Waals surface area contributed by atoms with Crippen molar-refractivity contribution in [1.29, 1.82) is 0 Å². The molecule has 0 spiro atoms. The Balaban J connectivity index is 1.23. The number of carbonyl (C=O) groups is 1. The number of benzene rings is 3. The van der Waals surface area contributed by atoms with Crippen LogP contribution < -0.4 is 19.7 Å². The first-order valence-corrected chi connectivity index (χ1v) is 13.0. The minimum Gasteiger partial charge on any atom is -0.497 e. The zero-order valence-corrected chi connectivity index (χ0v) is 20.5. The van der Waals surface area contributed by atoms with E-state index in [9.17, 15) is 13.2 Å². The van der Waals surface area contributed by atoms with Crippen molar-refractivity contribution in [2.45, 2.75) is 4.90 Å². The van der Waals surface area contributed by atoms with E-state index in [-0.39, 0.29) is 10.8 Å². The summed E-state index contributed by atoms with van der Waals surface area (Å²) in [6, 6.07) is 22.9. The number of hydrogen-bond acceptors (Lipinski definition) is 6. The molecule has 0 bridgehead atoms. The Morgan fingerprint density at radius 2 is 1.54 bits per heavy atom. The number of ether oxygens (including phenoxy) is 1. The van der Waals surface area contributed by atoms with Crippen LogP contribution in [0.15, 0.2) is 83.8 Å². The molecule has 184 valence electrons. The molecular weight excluding hydrogens is 464 g/mol. The summed E-state index contributed by atoms with van der Waals surface area (Å²) in [6.45, 7) is 5.10. The Bertz CT molecular complexity index is 1210. The SMILES string of the molecule is COc1ccc(NS(=O)(=O)c2ccc(C(=O)NCCN3CCN(c4ccccc4)CC3)cc2)cc1. The number of anilines is 2. The first-order chi connectivity index (χ1) is 16.9. The Morgan fingerprint density at radius 3 is 2.17 bits per heavy atom. The van der Waals surface area contributed by atoms with Crippen LogP contribution in [-0.2, 0) is 10.0 Å². The third kappa shape index (κ3) is 6.52. The van der Waals surface area contributed by atoms with Crippen LogP contribution in [0.1, 0.15) is 10.4 Å². The topological polar surface area (TPSA) is 91.0 Å². The zero-order chi connectivity index (χ0) is 24.7. The molecule has 1 saturated heterocycles. The number of rotatable bonds is 9. The first-order valence-electron chi connectivity index (χ1n) is 11.5. The summed E-state index contributed by atoms with van der Waals surface area (Å²) < 4.78 is 32.9. The summed E-state index contributed by atoms with van der Waals surface area (Å²) in [7, 11) is -2.22. The fourth-order valence-corrected chi connectivity index (χ4v) is 5.02. The Hall–Kier alpha value is -3.56. The standard InChI is InChI=1S/C26H30N4O4S/c1-34-24-11-9-22(10-12-24)28-35(32,33)25-13-7-21(8-14-25)26(31)27-15-16-29-17-19-30(20-18-29)23-5-3-2-4-6-23/h2-14,28H,15-20H2,1H3,(H,27,31). The van der Waals surface area contributed by atoms with Crippen LogP contribution in [0.25, 0.3) is 0 Å². The Morgan fingerprint density at radius 1 is 0.886 bits per heavy atom. The minimum atomic E-state index is -3.76. The third-order valence-corrected chi connectivity index (χ3v) is 7.37. The number of amides is 1. The van der Waals surface area contributed by atoms with Crippen molar-refractivity contribution in [2.24, 2.45) is 0 Å². The first kappa shape index (κ1) is 24.6. The van der Waals surface area contributed by atoms with Gasteiger partial charge in [0.1, 0.15) is 5.75 Å². The van der Waals surface area contributed by atoms with Gasteiger partial charge in [-0.15, -0.1) is 0 Å². The van der Waals surface area contributed by atoms with Gasteiger partial charge in [0, 0.05) is 56.2 Å². The summed E-state index contributed by atoms with van der Waals surface area (Å²) in [6.07, 6.45) is 0. The molecule has 9 heteroatoms. The maximum absolute atomic E-state index is 12.6. The molecule has 2 N–H and O–H groups in total. The van der Waals surface area contributed by atoms with Gasteiger partial charge in [-0.25, -0.2) is 8.42 Å². The van der Waals surface area contributed by atoms with E-state index in [0.29, 0.717) is 23.5 Å². The lowest BCUT2D eigenvalue weighted by atomic mass is 10.2. The van der Waals surface area contributed by atoms with Crippen molar-refractivity contribution in [3.63, 3.8) is 0 Å². The molecule has 8 nitrogen and oxygen atoms in total. The van der Waals surface area contributed by atoms with Crippen molar-refractivity contribution in [1.82, 2.24) is 10.2 Å². The fourth-order valence-electron chi connectivity index (χ4n) is 3.96. The smallest absolute Gasteiger partial charge is 0.261 e.